The molecule has 0 amide bonds. The Morgan fingerprint density at radius 2 is 0.988 bits per heavy atom. The fraction of sp³-hybridized carbons (Fsp3) is 0.463. The van der Waals surface area contributed by atoms with Gasteiger partial charge in [0.15, 0.2) is 0 Å². The predicted molar refractivity (Wildman–Crippen MR) is 323 cm³/mol. The Kier molecular flexibility index (Phi) is 19.8. The van der Waals surface area contributed by atoms with Crippen molar-refractivity contribution in [2.24, 2.45) is 11.8 Å². The molecule has 0 aliphatic carbocycles. The minimum absolute atomic E-state index is 0.0820. The van der Waals surface area contributed by atoms with Gasteiger partial charge in [0.05, 0.1) is 29.0 Å². The van der Waals surface area contributed by atoms with Gasteiger partial charge in [0, 0.05) is 74.0 Å². The standard InChI is InChI=1S/C33H40F2N4O2.C32H37F3N4O2.C2H6/c1-22-19-23(2)31-27(12-18-38(31)32(40)41-33(3,4)5)28(22)20-25-11-16-37(17-13-30(34)35)21-29(25)24-7-9-26(10-8-24)39-15-6-14-36-39;1-21-17-22(2)29-26(12-16-38(29)30(40)41-31(3,4)5)27(21)18-24-11-15-37(20-32(33,34)35)19-28(24)23-7-9-25(10-8-23)39-14-6-13-36-39;1-2/h6-10,12,14-15,18-19,25,29-30H,11,13,16-17,20-21H2,1-5H3;6-10,12-14,16-17,24,28H,11,15,18-20H2,1-5H3;1-2H3/t25-,29-;24-,28-;/m00./s1. The summed E-state index contributed by atoms with van der Waals surface area (Å²) in [6.07, 6.45) is 6.45. The van der Waals surface area contributed by atoms with E-state index >= 15 is 0 Å². The van der Waals surface area contributed by atoms with Crippen LogP contribution >= 0.6 is 0 Å². The van der Waals surface area contributed by atoms with Crippen LogP contribution in [0.4, 0.5) is 31.5 Å². The number of rotatable bonds is 12. The molecule has 4 atom stereocenters. The third-order valence-corrected chi connectivity index (χ3v) is 16.0. The SMILES string of the molecule is CC.Cc1cc(C)c2c(ccn2C(=O)OC(C)(C)C)c1C[C@@H]1CCN(CC(F)(F)F)C[C@H]1c1ccc(-n2cccn2)cc1.Cc1cc(C)c2c(ccn2C(=O)OC(C)(C)C)c1C[C@@H]1CCN(CCC(F)F)C[C@H]1c1ccc(-n2cccn2)cc1. The second-order valence-corrected chi connectivity index (χ2v) is 24.5. The second-order valence-electron chi connectivity index (χ2n) is 24.5. The van der Waals surface area contributed by atoms with Crippen molar-refractivity contribution in [1.82, 2.24) is 38.5 Å². The molecule has 0 radical (unpaired) electrons. The van der Waals surface area contributed by atoms with Gasteiger partial charge in [-0.05, 0) is 225 Å². The highest BCUT2D eigenvalue weighted by Gasteiger charge is 2.38. The van der Waals surface area contributed by atoms with Gasteiger partial charge >= 0.3 is 18.4 Å². The number of nitrogens with zero attached hydrogens (tertiary/aromatic N) is 8. The van der Waals surface area contributed by atoms with Crippen molar-refractivity contribution in [2.75, 3.05) is 39.3 Å². The van der Waals surface area contributed by atoms with E-state index in [0.717, 1.165) is 86.9 Å². The van der Waals surface area contributed by atoms with Crippen LogP contribution in [0.5, 0.6) is 0 Å². The van der Waals surface area contributed by atoms with Crippen LogP contribution < -0.4 is 0 Å². The molecule has 0 N–H and O–H groups in total. The first kappa shape index (κ1) is 62.9. The number of piperidine rings is 2. The van der Waals surface area contributed by atoms with Crippen molar-refractivity contribution in [1.29, 1.82) is 0 Å². The summed E-state index contributed by atoms with van der Waals surface area (Å²) in [5, 5.41) is 10.7. The summed E-state index contributed by atoms with van der Waals surface area (Å²) in [6, 6.07) is 28.4. The zero-order valence-electron chi connectivity index (χ0n) is 50.8. The fourth-order valence-electron chi connectivity index (χ4n) is 12.4. The summed E-state index contributed by atoms with van der Waals surface area (Å²) in [7, 11) is 0. The molecule has 84 heavy (non-hydrogen) atoms. The van der Waals surface area contributed by atoms with E-state index in [0.29, 0.717) is 38.4 Å². The Morgan fingerprint density at radius 3 is 1.36 bits per heavy atom. The summed E-state index contributed by atoms with van der Waals surface area (Å²) in [5.41, 5.74) is 11.3. The Morgan fingerprint density at radius 1 is 0.583 bits per heavy atom. The molecule has 8 aromatic rings. The third kappa shape index (κ3) is 15.4. The number of aromatic nitrogens is 6. The number of aryl methyl sites for hydroxylation is 4. The monoisotopic (exact) mass is 1160 g/mol. The summed E-state index contributed by atoms with van der Waals surface area (Å²) < 4.78 is 84.3. The second kappa shape index (κ2) is 26.4. The number of carbonyl (C=O) groups excluding carboxylic acids is 2. The first-order valence-corrected chi connectivity index (χ1v) is 29.5. The fourth-order valence-corrected chi connectivity index (χ4v) is 12.4. The van der Waals surface area contributed by atoms with Gasteiger partial charge in [0.2, 0.25) is 6.43 Å². The predicted octanol–water partition coefficient (Wildman–Crippen LogP) is 16.0. The van der Waals surface area contributed by atoms with Crippen LogP contribution in [0, 0.1) is 39.5 Å². The van der Waals surface area contributed by atoms with Crippen molar-refractivity contribution < 1.29 is 41.0 Å². The van der Waals surface area contributed by atoms with Gasteiger partial charge in [0.1, 0.15) is 11.2 Å². The highest BCUT2D eigenvalue weighted by molar-refractivity contribution is 5.95. The van der Waals surface area contributed by atoms with Gasteiger partial charge in [-0.2, -0.15) is 23.4 Å². The number of halogens is 5. The van der Waals surface area contributed by atoms with Gasteiger partial charge in [0.25, 0.3) is 0 Å². The molecule has 2 saturated heterocycles. The first-order valence-electron chi connectivity index (χ1n) is 29.5. The van der Waals surface area contributed by atoms with Gasteiger partial charge in [-0.25, -0.2) is 27.7 Å². The first-order chi connectivity index (χ1) is 39.8. The molecule has 0 spiro atoms. The Labute approximate surface area is 491 Å². The maximum absolute atomic E-state index is 13.4. The lowest BCUT2D eigenvalue weighted by Gasteiger charge is -2.39. The third-order valence-electron chi connectivity index (χ3n) is 16.0. The quantitative estimate of drug-likeness (QED) is 0.111. The van der Waals surface area contributed by atoms with Crippen LogP contribution in [0.1, 0.15) is 131 Å². The summed E-state index contributed by atoms with van der Waals surface area (Å²) in [6.45, 7) is 25.1. The van der Waals surface area contributed by atoms with Crippen molar-refractivity contribution in [2.45, 2.75) is 151 Å². The molecule has 2 aliphatic heterocycles. The largest absolute Gasteiger partial charge is 0.443 e. The number of ether oxygens (including phenoxy) is 2. The highest BCUT2D eigenvalue weighted by Crippen LogP contribution is 2.41. The molecular formula is C67H83F5N8O4. The average Bonchev–Trinajstić information content (AvgIpc) is 2.84. The van der Waals surface area contributed by atoms with Crippen molar-refractivity contribution >= 4 is 34.0 Å². The molecule has 10 rings (SSSR count). The van der Waals surface area contributed by atoms with Gasteiger partial charge in [-0.1, -0.05) is 50.2 Å². The van der Waals surface area contributed by atoms with E-state index in [1.807, 2.05) is 141 Å². The molecule has 4 aromatic carbocycles. The zero-order valence-corrected chi connectivity index (χ0v) is 50.8. The molecule has 4 aromatic heterocycles. The molecule has 17 heteroatoms. The Bertz CT molecular complexity index is 3460. The molecule has 6 heterocycles. The van der Waals surface area contributed by atoms with E-state index in [9.17, 15) is 31.5 Å². The normalized spacial score (nSPS) is 18.1. The summed E-state index contributed by atoms with van der Waals surface area (Å²) in [4.78, 5) is 29.8. The summed E-state index contributed by atoms with van der Waals surface area (Å²) in [5.74, 6) is 0.561. The molecule has 2 fully saturated rings. The number of hydrogen-bond donors (Lipinski definition) is 0. The molecule has 12 nitrogen and oxygen atoms in total. The van der Waals surface area contributed by atoms with Crippen LogP contribution in [0.3, 0.4) is 0 Å². The number of fused-ring (bicyclic) bond motifs is 2. The van der Waals surface area contributed by atoms with Crippen molar-refractivity contribution in [3.05, 3.63) is 167 Å². The molecule has 0 unspecified atom stereocenters. The molecule has 0 saturated carbocycles. The van der Waals surface area contributed by atoms with Gasteiger partial charge in [-0.3, -0.25) is 14.0 Å². The maximum atomic E-state index is 13.4. The summed E-state index contributed by atoms with van der Waals surface area (Å²) >= 11 is 0. The van der Waals surface area contributed by atoms with Crippen LogP contribution in [0.15, 0.2) is 122 Å². The van der Waals surface area contributed by atoms with E-state index in [1.165, 1.54) is 21.6 Å². The van der Waals surface area contributed by atoms with Crippen LogP contribution in [0.2, 0.25) is 0 Å². The van der Waals surface area contributed by atoms with E-state index < -0.39 is 36.4 Å². The van der Waals surface area contributed by atoms with E-state index in [4.69, 9.17) is 9.47 Å². The number of benzene rings is 4. The lowest BCUT2D eigenvalue weighted by Crippen LogP contribution is -2.44. The van der Waals surface area contributed by atoms with E-state index in [2.05, 4.69) is 65.3 Å². The minimum atomic E-state index is -4.24. The van der Waals surface area contributed by atoms with E-state index in [-0.39, 0.29) is 30.3 Å². The van der Waals surface area contributed by atoms with Crippen LogP contribution in [-0.4, -0.2) is 114 Å². The molecule has 450 valence electrons. The number of alkyl halides is 5. The molecule has 2 aliphatic rings. The number of carbonyl (C=O) groups is 2. The van der Waals surface area contributed by atoms with Crippen LogP contribution in [0.25, 0.3) is 33.2 Å². The van der Waals surface area contributed by atoms with Gasteiger partial charge < -0.3 is 14.4 Å². The number of hydrogen-bond acceptors (Lipinski definition) is 8. The number of likely N-dealkylation sites (tertiary alicyclic amines) is 2. The Balaban J connectivity index is 0.000000213. The molecule has 0 bridgehead atoms. The smallest absolute Gasteiger partial charge is 0.418 e. The average molecular weight is 1160 g/mol. The van der Waals surface area contributed by atoms with Crippen molar-refractivity contribution in [3.63, 3.8) is 0 Å². The lowest BCUT2D eigenvalue weighted by atomic mass is 9.76. The Hall–Kier alpha value is -7.11. The topological polar surface area (TPSA) is 105 Å². The highest BCUT2D eigenvalue weighted by atomic mass is 19.4. The van der Waals surface area contributed by atoms with E-state index in [1.54, 1.807) is 32.4 Å². The zero-order chi connectivity index (χ0) is 60.8. The maximum Gasteiger partial charge on any atom is 0.418 e. The molecular weight excluding hydrogens is 1080 g/mol. The van der Waals surface area contributed by atoms with Crippen molar-refractivity contribution in [3.8, 4) is 11.4 Å². The minimum Gasteiger partial charge on any atom is -0.443 e. The lowest BCUT2D eigenvalue weighted by molar-refractivity contribution is -0.149. The van der Waals surface area contributed by atoms with Crippen LogP contribution in [-0.2, 0) is 22.3 Å². The van der Waals surface area contributed by atoms with Gasteiger partial charge in [-0.15, -0.1) is 0 Å².